The van der Waals surface area contributed by atoms with E-state index in [1.807, 2.05) is 0 Å². The molecule has 3 rings (SSSR count). The van der Waals surface area contributed by atoms with E-state index in [4.69, 9.17) is 9.15 Å². The van der Waals surface area contributed by atoms with Crippen LogP contribution in [-0.2, 0) is 14.8 Å². The fourth-order valence-corrected chi connectivity index (χ4v) is 5.26. The van der Waals surface area contributed by atoms with Crippen LogP contribution in [0.15, 0.2) is 54.7 Å². The van der Waals surface area contributed by atoms with Gasteiger partial charge in [0, 0.05) is 20.0 Å². The zero-order valence-corrected chi connectivity index (χ0v) is 19.2. The van der Waals surface area contributed by atoms with Crippen molar-refractivity contribution >= 4 is 64.5 Å². The summed E-state index contributed by atoms with van der Waals surface area (Å²) in [6.07, 6.45) is -0.285. The molecule has 6 nitrogen and oxygen atoms in total. The highest BCUT2D eigenvalue weighted by Gasteiger charge is 2.23. The van der Waals surface area contributed by atoms with Crippen molar-refractivity contribution in [3.8, 4) is 0 Å². The molecule has 148 valence electrons. The largest absolute Gasteiger partial charge is 0.460 e. The number of hydrogen-bond acceptors (Lipinski definition) is 5. The molecule has 1 heterocycles. The van der Waals surface area contributed by atoms with E-state index in [1.165, 1.54) is 6.07 Å². The number of sulfonamides is 1. The molecule has 1 aromatic heterocycles. The van der Waals surface area contributed by atoms with Crippen molar-refractivity contribution in [1.29, 1.82) is 0 Å². The van der Waals surface area contributed by atoms with E-state index in [2.05, 4.69) is 36.6 Å². The third kappa shape index (κ3) is 4.26. The molecule has 0 saturated carbocycles. The number of benzene rings is 2. The number of aryl methyl sites for hydroxylation is 1. The van der Waals surface area contributed by atoms with Gasteiger partial charge in [-0.25, -0.2) is 13.2 Å². The summed E-state index contributed by atoms with van der Waals surface area (Å²) < 4.78 is 40.1. The van der Waals surface area contributed by atoms with Crippen LogP contribution in [0.2, 0.25) is 0 Å². The Bertz CT molecular complexity index is 1170. The molecule has 0 amide bonds. The molecule has 0 unspecified atom stereocenters. The van der Waals surface area contributed by atoms with Gasteiger partial charge in [-0.15, -0.1) is 0 Å². The van der Waals surface area contributed by atoms with Gasteiger partial charge in [0.2, 0.25) is 0 Å². The SMILES string of the molecule is Cc1oc2ccc(NS(=O)(=O)c3cc(Br)ccc3Br)cc2c1C(=O)OC(C)C. The molecule has 2 aromatic carbocycles. The monoisotopic (exact) mass is 529 g/mol. The minimum atomic E-state index is -3.85. The van der Waals surface area contributed by atoms with E-state index in [0.717, 1.165) is 0 Å². The van der Waals surface area contributed by atoms with Gasteiger partial charge >= 0.3 is 5.97 Å². The zero-order chi connectivity index (χ0) is 20.6. The molecule has 1 N–H and O–H groups in total. The van der Waals surface area contributed by atoms with Gasteiger partial charge in [0.15, 0.2) is 0 Å². The van der Waals surface area contributed by atoms with E-state index >= 15 is 0 Å². The van der Waals surface area contributed by atoms with Crippen LogP contribution in [0.1, 0.15) is 30.0 Å². The Morgan fingerprint density at radius 1 is 1.14 bits per heavy atom. The summed E-state index contributed by atoms with van der Waals surface area (Å²) >= 11 is 6.54. The summed E-state index contributed by atoms with van der Waals surface area (Å²) in [5.41, 5.74) is 1.06. The Labute approximate surface area is 179 Å². The molecule has 0 aliphatic rings. The van der Waals surface area contributed by atoms with Crippen LogP contribution in [-0.4, -0.2) is 20.5 Å². The van der Waals surface area contributed by atoms with Gasteiger partial charge in [-0.3, -0.25) is 4.72 Å². The first kappa shape index (κ1) is 20.9. The van der Waals surface area contributed by atoms with Gasteiger partial charge in [0.25, 0.3) is 10.0 Å². The molecule has 0 spiro atoms. The number of anilines is 1. The molecule has 0 aliphatic carbocycles. The van der Waals surface area contributed by atoms with E-state index in [-0.39, 0.29) is 16.6 Å². The highest BCUT2D eigenvalue weighted by molar-refractivity contribution is 9.11. The first-order valence-corrected chi connectivity index (χ1v) is 11.4. The minimum Gasteiger partial charge on any atom is -0.460 e. The van der Waals surface area contributed by atoms with Crippen LogP contribution in [0, 0.1) is 6.92 Å². The van der Waals surface area contributed by atoms with Crippen LogP contribution in [0.4, 0.5) is 5.69 Å². The number of nitrogens with one attached hydrogen (secondary N) is 1. The van der Waals surface area contributed by atoms with Gasteiger partial charge in [-0.1, -0.05) is 15.9 Å². The summed E-state index contributed by atoms with van der Waals surface area (Å²) in [7, 11) is -3.85. The van der Waals surface area contributed by atoms with Crippen LogP contribution in [0.5, 0.6) is 0 Å². The van der Waals surface area contributed by atoms with Crippen molar-refractivity contribution in [2.75, 3.05) is 4.72 Å². The number of hydrogen-bond donors (Lipinski definition) is 1. The molecule has 0 bridgehead atoms. The van der Waals surface area contributed by atoms with E-state index in [1.54, 1.807) is 51.1 Å². The summed E-state index contributed by atoms with van der Waals surface area (Å²) in [4.78, 5) is 12.5. The molecule has 3 aromatic rings. The van der Waals surface area contributed by atoms with Gasteiger partial charge in [0.05, 0.1) is 6.10 Å². The van der Waals surface area contributed by atoms with Crippen molar-refractivity contribution in [1.82, 2.24) is 0 Å². The maximum absolute atomic E-state index is 12.8. The number of ether oxygens (including phenoxy) is 1. The highest BCUT2D eigenvalue weighted by atomic mass is 79.9. The zero-order valence-electron chi connectivity index (χ0n) is 15.2. The third-order valence-electron chi connectivity index (χ3n) is 3.85. The molecule has 0 radical (unpaired) electrons. The smallest absolute Gasteiger partial charge is 0.342 e. The average Bonchev–Trinajstić information content (AvgIpc) is 2.91. The normalized spacial score (nSPS) is 11.8. The molecule has 0 saturated heterocycles. The van der Waals surface area contributed by atoms with Crippen LogP contribution < -0.4 is 4.72 Å². The van der Waals surface area contributed by atoms with Gasteiger partial charge in [0.1, 0.15) is 21.8 Å². The van der Waals surface area contributed by atoms with E-state index < -0.39 is 16.0 Å². The predicted octanol–water partition coefficient (Wildman–Crippen LogP) is 5.63. The lowest BCUT2D eigenvalue weighted by Crippen LogP contribution is -2.14. The lowest BCUT2D eigenvalue weighted by Gasteiger charge is -2.11. The fourth-order valence-electron chi connectivity index (χ4n) is 2.70. The lowest BCUT2D eigenvalue weighted by atomic mass is 10.1. The summed E-state index contributed by atoms with van der Waals surface area (Å²) in [5, 5.41) is 0.483. The van der Waals surface area contributed by atoms with Crippen LogP contribution in [0.3, 0.4) is 0 Å². The molecule has 28 heavy (non-hydrogen) atoms. The second-order valence-electron chi connectivity index (χ2n) is 6.38. The minimum absolute atomic E-state index is 0.0878. The number of furan rings is 1. The summed E-state index contributed by atoms with van der Waals surface area (Å²) in [6.45, 7) is 5.18. The number of halogens is 2. The molecule has 0 fully saturated rings. The van der Waals surface area contributed by atoms with Gasteiger partial charge < -0.3 is 9.15 Å². The molecule has 0 atom stereocenters. The van der Waals surface area contributed by atoms with Crippen molar-refractivity contribution in [3.05, 3.63) is 56.7 Å². The number of carbonyl (C=O) groups is 1. The summed E-state index contributed by atoms with van der Waals surface area (Å²) in [5.74, 6) is -0.101. The van der Waals surface area contributed by atoms with Crippen molar-refractivity contribution in [3.63, 3.8) is 0 Å². The van der Waals surface area contributed by atoms with Crippen molar-refractivity contribution in [2.45, 2.75) is 31.8 Å². The highest BCUT2D eigenvalue weighted by Crippen LogP contribution is 2.31. The third-order valence-corrected chi connectivity index (χ3v) is 6.71. The van der Waals surface area contributed by atoms with E-state index in [9.17, 15) is 13.2 Å². The molecule has 0 aliphatic heterocycles. The first-order chi connectivity index (χ1) is 13.1. The number of rotatable bonds is 5. The Hall–Kier alpha value is -1.84. The number of carbonyl (C=O) groups excluding carboxylic acids is 1. The van der Waals surface area contributed by atoms with Crippen molar-refractivity contribution in [2.24, 2.45) is 0 Å². The Kier molecular flexibility index (Phi) is 5.88. The number of esters is 1. The van der Waals surface area contributed by atoms with Crippen molar-refractivity contribution < 1.29 is 22.4 Å². The molecule has 9 heteroatoms. The standard InChI is InChI=1S/C19H17Br2NO5S/c1-10(2)26-19(23)18-11(3)27-16-7-5-13(9-14(16)18)22-28(24,25)17-8-12(20)4-6-15(17)21/h4-10,22H,1-3H3. The average molecular weight is 531 g/mol. The molecular weight excluding hydrogens is 514 g/mol. The van der Waals surface area contributed by atoms with Gasteiger partial charge in [-0.2, -0.15) is 0 Å². The Morgan fingerprint density at radius 2 is 1.86 bits per heavy atom. The second-order valence-corrected chi connectivity index (χ2v) is 9.80. The van der Waals surface area contributed by atoms with Crippen LogP contribution >= 0.6 is 31.9 Å². The van der Waals surface area contributed by atoms with Gasteiger partial charge in [-0.05, 0) is 73.1 Å². The fraction of sp³-hybridized carbons (Fsp3) is 0.211. The van der Waals surface area contributed by atoms with Crippen LogP contribution in [0.25, 0.3) is 11.0 Å². The summed E-state index contributed by atoms with van der Waals surface area (Å²) in [6, 6.07) is 9.62. The second kappa shape index (κ2) is 7.88. The maximum atomic E-state index is 12.8. The quantitative estimate of drug-likeness (QED) is 0.432. The van der Waals surface area contributed by atoms with E-state index in [0.29, 0.717) is 31.4 Å². The molecular formula is C19H17Br2NO5S. The number of fused-ring (bicyclic) bond motifs is 1. The predicted molar refractivity (Wildman–Crippen MR) is 114 cm³/mol. The first-order valence-electron chi connectivity index (χ1n) is 8.30. The topological polar surface area (TPSA) is 85.6 Å². The maximum Gasteiger partial charge on any atom is 0.342 e. The lowest BCUT2D eigenvalue weighted by molar-refractivity contribution is 0.0378. The Morgan fingerprint density at radius 3 is 2.54 bits per heavy atom. The Balaban J connectivity index is 2.02.